The molecule has 0 saturated heterocycles. The Morgan fingerprint density at radius 3 is 2.48 bits per heavy atom. The van der Waals surface area contributed by atoms with Crippen molar-refractivity contribution >= 4 is 11.5 Å². The molecule has 3 aromatic rings. The summed E-state index contributed by atoms with van der Waals surface area (Å²) in [6, 6.07) is 14.7. The van der Waals surface area contributed by atoms with Crippen LogP contribution in [0.25, 0.3) is 5.57 Å². The molecule has 2 aliphatic heterocycles. The van der Waals surface area contributed by atoms with Gasteiger partial charge in [0.25, 0.3) is 5.91 Å². The van der Waals surface area contributed by atoms with Gasteiger partial charge in [0.2, 0.25) is 6.79 Å². The van der Waals surface area contributed by atoms with Gasteiger partial charge < -0.3 is 24.2 Å². The minimum atomic E-state index is -1.04. The molecule has 0 radical (unpaired) electrons. The number of hydrogen-bond acceptors (Lipinski definition) is 5. The molecular formula is C25H19F2NO5. The molecule has 2 aliphatic rings. The van der Waals surface area contributed by atoms with Crippen LogP contribution in [0.1, 0.15) is 22.7 Å². The maximum atomic E-state index is 14.2. The van der Waals surface area contributed by atoms with Gasteiger partial charge in [-0.15, -0.1) is 0 Å². The Morgan fingerprint density at radius 1 is 1.00 bits per heavy atom. The molecule has 1 atom stereocenters. The van der Waals surface area contributed by atoms with Crippen LogP contribution in [0.3, 0.4) is 0 Å². The molecule has 1 amide bonds. The van der Waals surface area contributed by atoms with Crippen molar-refractivity contribution in [3.8, 4) is 17.2 Å². The molecule has 0 aliphatic carbocycles. The highest BCUT2D eigenvalue weighted by Crippen LogP contribution is 2.44. The predicted octanol–water partition coefficient (Wildman–Crippen LogP) is 4.75. The first-order valence-electron chi connectivity index (χ1n) is 10.2. The maximum Gasteiger partial charge on any atom is 0.290 e. The third-order valence-electron chi connectivity index (χ3n) is 5.75. The van der Waals surface area contributed by atoms with Gasteiger partial charge in [-0.2, -0.15) is 0 Å². The number of carbonyl (C=O) groups excluding carboxylic acids is 1. The molecule has 0 bridgehead atoms. The number of fused-ring (bicyclic) bond motifs is 1. The van der Waals surface area contributed by atoms with Crippen molar-refractivity contribution < 1.29 is 32.9 Å². The third-order valence-corrected chi connectivity index (χ3v) is 5.75. The van der Waals surface area contributed by atoms with Crippen molar-refractivity contribution in [2.24, 2.45) is 0 Å². The highest BCUT2D eigenvalue weighted by Gasteiger charge is 2.41. The van der Waals surface area contributed by atoms with Gasteiger partial charge in [-0.05, 0) is 53.1 Å². The van der Waals surface area contributed by atoms with Crippen molar-refractivity contribution in [3.05, 3.63) is 94.7 Å². The SMILES string of the molecule is COc1ccc(C2=C(O)C(=O)N(Cc3ccc4c(c3)OCO4)C2c2ccc(F)c(F)c2)cc1. The number of benzene rings is 3. The van der Waals surface area contributed by atoms with E-state index < -0.39 is 29.3 Å². The van der Waals surface area contributed by atoms with Gasteiger partial charge in [-0.1, -0.05) is 24.3 Å². The van der Waals surface area contributed by atoms with Crippen LogP contribution in [-0.4, -0.2) is 29.8 Å². The zero-order valence-corrected chi connectivity index (χ0v) is 17.5. The van der Waals surface area contributed by atoms with Crippen molar-refractivity contribution in [2.75, 3.05) is 13.9 Å². The van der Waals surface area contributed by atoms with Crippen LogP contribution in [0, 0.1) is 11.6 Å². The topological polar surface area (TPSA) is 68.2 Å². The molecule has 0 spiro atoms. The number of halogens is 2. The van der Waals surface area contributed by atoms with Crippen LogP contribution < -0.4 is 14.2 Å². The standard InChI is InChI=1S/C25H19F2NO5/c1-31-17-6-3-15(4-7-17)22-23(16-5-8-18(26)19(27)11-16)28(25(30)24(22)29)12-14-2-9-20-21(10-14)33-13-32-20/h2-11,23,29H,12-13H2,1H3. The van der Waals surface area contributed by atoms with E-state index in [9.17, 15) is 18.7 Å². The Bertz CT molecular complexity index is 1270. The number of nitrogens with zero attached hydrogens (tertiary/aromatic N) is 1. The second-order valence-electron chi connectivity index (χ2n) is 7.69. The molecule has 0 saturated carbocycles. The molecule has 0 aromatic heterocycles. The lowest BCUT2D eigenvalue weighted by Crippen LogP contribution is -2.30. The van der Waals surface area contributed by atoms with Gasteiger partial charge in [-0.3, -0.25) is 4.79 Å². The third kappa shape index (κ3) is 3.63. The number of hydrogen-bond donors (Lipinski definition) is 1. The lowest BCUT2D eigenvalue weighted by molar-refractivity contribution is -0.130. The van der Waals surface area contributed by atoms with Gasteiger partial charge in [-0.25, -0.2) is 8.78 Å². The average Bonchev–Trinajstić information content (AvgIpc) is 3.39. The van der Waals surface area contributed by atoms with E-state index in [-0.39, 0.29) is 13.3 Å². The lowest BCUT2D eigenvalue weighted by Gasteiger charge is -2.27. The fourth-order valence-corrected chi connectivity index (χ4v) is 4.15. The molecule has 3 aromatic carbocycles. The van der Waals surface area contributed by atoms with Gasteiger partial charge in [0, 0.05) is 12.1 Å². The Labute approximate surface area is 188 Å². The first-order chi connectivity index (χ1) is 16.0. The number of aliphatic hydroxyl groups is 1. The number of amides is 1. The first kappa shape index (κ1) is 20.8. The molecule has 168 valence electrons. The summed E-state index contributed by atoms with van der Waals surface area (Å²) in [5.74, 6) is -1.35. The van der Waals surface area contributed by atoms with E-state index in [4.69, 9.17) is 14.2 Å². The second kappa shape index (κ2) is 8.12. The molecule has 33 heavy (non-hydrogen) atoms. The number of carbonyl (C=O) groups is 1. The Morgan fingerprint density at radius 2 is 1.76 bits per heavy atom. The van der Waals surface area contributed by atoms with Crippen LogP contribution in [0.4, 0.5) is 8.78 Å². The van der Waals surface area contributed by atoms with Crippen LogP contribution in [0.5, 0.6) is 17.2 Å². The van der Waals surface area contributed by atoms with E-state index in [0.29, 0.717) is 33.9 Å². The van der Waals surface area contributed by atoms with Crippen molar-refractivity contribution in [1.82, 2.24) is 4.90 Å². The predicted molar refractivity (Wildman–Crippen MR) is 115 cm³/mol. The molecule has 6 nitrogen and oxygen atoms in total. The Kier molecular flexibility index (Phi) is 5.12. The van der Waals surface area contributed by atoms with E-state index in [1.807, 2.05) is 0 Å². The molecule has 1 N–H and O–H groups in total. The van der Waals surface area contributed by atoms with Crippen LogP contribution in [-0.2, 0) is 11.3 Å². The summed E-state index contributed by atoms with van der Waals surface area (Å²) in [6.45, 7) is 0.214. The largest absolute Gasteiger partial charge is 0.503 e. The molecule has 8 heteroatoms. The first-order valence-corrected chi connectivity index (χ1v) is 10.2. The summed E-state index contributed by atoms with van der Waals surface area (Å²) < 4.78 is 43.7. The summed E-state index contributed by atoms with van der Waals surface area (Å²) in [5.41, 5.74) is 1.92. The molecule has 2 heterocycles. The van der Waals surface area contributed by atoms with E-state index in [1.165, 1.54) is 18.1 Å². The van der Waals surface area contributed by atoms with Gasteiger partial charge in [0.1, 0.15) is 5.75 Å². The highest BCUT2D eigenvalue weighted by atomic mass is 19.2. The molecular weight excluding hydrogens is 432 g/mol. The Balaban J connectivity index is 1.58. The zero-order valence-electron chi connectivity index (χ0n) is 17.5. The highest BCUT2D eigenvalue weighted by molar-refractivity contribution is 6.05. The van der Waals surface area contributed by atoms with E-state index in [0.717, 1.165) is 17.7 Å². The Hall–Kier alpha value is -4.07. The van der Waals surface area contributed by atoms with Crippen molar-refractivity contribution in [1.29, 1.82) is 0 Å². The summed E-state index contributed by atoms with van der Waals surface area (Å²) in [6.07, 6.45) is 0. The summed E-state index contributed by atoms with van der Waals surface area (Å²) >= 11 is 0. The fraction of sp³-hybridized carbons (Fsp3) is 0.160. The second-order valence-corrected chi connectivity index (χ2v) is 7.69. The molecule has 0 fully saturated rings. The average molecular weight is 451 g/mol. The van der Waals surface area contributed by atoms with E-state index in [2.05, 4.69) is 0 Å². The summed E-state index contributed by atoms with van der Waals surface area (Å²) in [4.78, 5) is 14.6. The normalized spacial score (nSPS) is 17.1. The van der Waals surface area contributed by atoms with Crippen LogP contribution in [0.2, 0.25) is 0 Å². The molecule has 5 rings (SSSR count). The minimum Gasteiger partial charge on any atom is -0.503 e. The van der Waals surface area contributed by atoms with E-state index >= 15 is 0 Å². The number of rotatable bonds is 5. The summed E-state index contributed by atoms with van der Waals surface area (Å²) in [7, 11) is 1.53. The summed E-state index contributed by atoms with van der Waals surface area (Å²) in [5, 5.41) is 10.8. The number of aliphatic hydroxyl groups excluding tert-OH is 1. The van der Waals surface area contributed by atoms with Gasteiger partial charge in [0.05, 0.1) is 13.2 Å². The maximum absolute atomic E-state index is 14.2. The monoisotopic (exact) mass is 451 g/mol. The zero-order chi connectivity index (χ0) is 23.1. The minimum absolute atomic E-state index is 0.100. The fourth-order valence-electron chi connectivity index (χ4n) is 4.15. The van der Waals surface area contributed by atoms with Crippen molar-refractivity contribution in [2.45, 2.75) is 12.6 Å². The molecule has 1 unspecified atom stereocenters. The van der Waals surface area contributed by atoms with E-state index in [1.54, 1.807) is 42.5 Å². The smallest absolute Gasteiger partial charge is 0.290 e. The number of methoxy groups -OCH3 is 1. The van der Waals surface area contributed by atoms with Crippen molar-refractivity contribution in [3.63, 3.8) is 0 Å². The lowest BCUT2D eigenvalue weighted by atomic mass is 9.93. The number of ether oxygens (including phenoxy) is 3. The van der Waals surface area contributed by atoms with Gasteiger partial charge >= 0.3 is 0 Å². The van der Waals surface area contributed by atoms with Crippen LogP contribution in [0.15, 0.2) is 66.4 Å². The van der Waals surface area contributed by atoms with Gasteiger partial charge in [0.15, 0.2) is 28.9 Å². The van der Waals surface area contributed by atoms with Crippen LogP contribution >= 0.6 is 0 Å². The quantitative estimate of drug-likeness (QED) is 0.606.